The summed E-state index contributed by atoms with van der Waals surface area (Å²) in [6.45, 7) is 1.41. The van der Waals surface area contributed by atoms with E-state index in [-0.39, 0.29) is 23.4 Å². The van der Waals surface area contributed by atoms with Gasteiger partial charge in [-0.2, -0.15) is 0 Å². The molecule has 0 heterocycles. The number of carbonyl (C=O) groups excluding carboxylic acids is 3. The van der Waals surface area contributed by atoms with Gasteiger partial charge in [-0.05, 0) is 37.3 Å². The highest BCUT2D eigenvalue weighted by molar-refractivity contribution is 6.30. The summed E-state index contributed by atoms with van der Waals surface area (Å²) >= 11 is 5.80. The van der Waals surface area contributed by atoms with Crippen molar-refractivity contribution in [2.75, 3.05) is 18.5 Å². The van der Waals surface area contributed by atoms with Crippen LogP contribution >= 0.6 is 11.6 Å². The number of anilines is 1. The highest BCUT2D eigenvalue weighted by Gasteiger charge is 2.15. The highest BCUT2D eigenvalue weighted by atomic mass is 35.5. The zero-order valence-corrected chi connectivity index (χ0v) is 14.2. The molecule has 0 saturated carbocycles. The molecule has 130 valence electrons. The Morgan fingerprint density at radius 1 is 1.00 bits per heavy atom. The normalized spacial score (nSPS) is 10.0. The third-order valence-corrected chi connectivity index (χ3v) is 3.33. The molecule has 0 atom stereocenters. The lowest BCUT2D eigenvalue weighted by Gasteiger charge is -2.10. The molecular weight excluding hydrogens is 346 g/mol. The van der Waals surface area contributed by atoms with Crippen LogP contribution in [0.3, 0.4) is 0 Å². The number of halogens is 1. The topological polar surface area (TPSA) is 81.7 Å². The fraction of sp³-hybridized carbons (Fsp3) is 0.167. The van der Waals surface area contributed by atoms with Gasteiger partial charge in [0.1, 0.15) is 0 Å². The van der Waals surface area contributed by atoms with Gasteiger partial charge in [0.25, 0.3) is 5.91 Å². The number of hydrogen-bond acceptors (Lipinski definition) is 5. The van der Waals surface area contributed by atoms with Gasteiger partial charge in [-0.25, -0.2) is 9.59 Å². The molecule has 0 aliphatic rings. The Morgan fingerprint density at radius 3 is 2.48 bits per heavy atom. The summed E-state index contributed by atoms with van der Waals surface area (Å²) < 4.78 is 9.87. The molecule has 25 heavy (non-hydrogen) atoms. The van der Waals surface area contributed by atoms with Crippen molar-refractivity contribution in [3.63, 3.8) is 0 Å². The summed E-state index contributed by atoms with van der Waals surface area (Å²) in [6, 6.07) is 12.6. The van der Waals surface area contributed by atoms with E-state index in [1.807, 2.05) is 0 Å². The molecule has 2 aromatic rings. The van der Waals surface area contributed by atoms with E-state index in [0.29, 0.717) is 5.02 Å². The number of benzene rings is 2. The quantitative estimate of drug-likeness (QED) is 0.798. The minimum absolute atomic E-state index is 0.221. The first-order chi connectivity index (χ1) is 12.0. The van der Waals surface area contributed by atoms with E-state index in [0.717, 1.165) is 0 Å². The average Bonchev–Trinajstić information content (AvgIpc) is 2.60. The van der Waals surface area contributed by atoms with Crippen LogP contribution in [0.4, 0.5) is 5.69 Å². The Labute approximate surface area is 149 Å². The van der Waals surface area contributed by atoms with Crippen molar-refractivity contribution in [3.05, 3.63) is 64.7 Å². The lowest BCUT2D eigenvalue weighted by atomic mass is 10.2. The summed E-state index contributed by atoms with van der Waals surface area (Å²) in [7, 11) is 0. The maximum atomic E-state index is 12.0. The van der Waals surface area contributed by atoms with E-state index in [9.17, 15) is 14.4 Å². The van der Waals surface area contributed by atoms with Crippen LogP contribution in [0.25, 0.3) is 0 Å². The van der Waals surface area contributed by atoms with E-state index >= 15 is 0 Å². The van der Waals surface area contributed by atoms with Gasteiger partial charge in [0.15, 0.2) is 6.61 Å². The number of para-hydroxylation sites is 1. The number of rotatable bonds is 6. The first kappa shape index (κ1) is 18.5. The van der Waals surface area contributed by atoms with Crippen LogP contribution in [0.5, 0.6) is 0 Å². The molecule has 2 rings (SSSR count). The second-order valence-corrected chi connectivity index (χ2v) is 5.34. The van der Waals surface area contributed by atoms with Gasteiger partial charge in [0.05, 0.1) is 23.4 Å². The smallest absolute Gasteiger partial charge is 0.340 e. The van der Waals surface area contributed by atoms with Crippen molar-refractivity contribution in [1.82, 2.24) is 0 Å². The molecular formula is C18H16ClNO5. The fourth-order valence-electron chi connectivity index (χ4n) is 2.00. The van der Waals surface area contributed by atoms with Gasteiger partial charge in [-0.3, -0.25) is 4.79 Å². The van der Waals surface area contributed by atoms with Crippen LogP contribution in [-0.4, -0.2) is 31.1 Å². The highest BCUT2D eigenvalue weighted by Crippen LogP contribution is 2.16. The van der Waals surface area contributed by atoms with E-state index < -0.39 is 24.5 Å². The fourth-order valence-corrected chi connectivity index (χ4v) is 2.19. The van der Waals surface area contributed by atoms with Crippen molar-refractivity contribution < 1.29 is 23.9 Å². The second-order valence-electron chi connectivity index (χ2n) is 4.90. The third-order valence-electron chi connectivity index (χ3n) is 3.09. The van der Waals surface area contributed by atoms with Gasteiger partial charge < -0.3 is 14.8 Å². The number of carbonyl (C=O) groups is 3. The first-order valence-corrected chi connectivity index (χ1v) is 7.87. The van der Waals surface area contributed by atoms with Gasteiger partial charge in [-0.15, -0.1) is 0 Å². The predicted octanol–water partition coefficient (Wildman–Crippen LogP) is 3.31. The molecule has 0 aliphatic heterocycles. The molecule has 0 aromatic heterocycles. The maximum Gasteiger partial charge on any atom is 0.340 e. The lowest BCUT2D eigenvalue weighted by molar-refractivity contribution is -0.119. The van der Waals surface area contributed by atoms with Gasteiger partial charge in [0.2, 0.25) is 0 Å². The summed E-state index contributed by atoms with van der Waals surface area (Å²) in [5, 5.41) is 2.92. The van der Waals surface area contributed by atoms with E-state index in [1.54, 1.807) is 37.3 Å². The van der Waals surface area contributed by atoms with Crippen LogP contribution in [0.1, 0.15) is 27.6 Å². The Kier molecular flexibility index (Phi) is 6.54. The largest absolute Gasteiger partial charge is 0.462 e. The Hall–Kier alpha value is -2.86. The number of ether oxygens (including phenoxy) is 2. The molecule has 0 unspecified atom stereocenters. The molecule has 0 radical (unpaired) electrons. The molecule has 0 aliphatic carbocycles. The van der Waals surface area contributed by atoms with Crippen LogP contribution in [-0.2, 0) is 14.3 Å². The summed E-state index contributed by atoms with van der Waals surface area (Å²) in [5.41, 5.74) is 0.746. The number of hydrogen-bond donors (Lipinski definition) is 1. The van der Waals surface area contributed by atoms with Crippen LogP contribution in [0, 0.1) is 0 Å². The standard InChI is InChI=1S/C18H16ClNO5/c1-2-24-18(23)14-8-3-4-9-15(14)20-16(21)11-25-17(22)12-6-5-7-13(19)10-12/h3-10H,2,11H2,1H3,(H,20,21). The monoisotopic (exact) mass is 361 g/mol. The summed E-state index contributed by atoms with van der Waals surface area (Å²) in [5.74, 6) is -1.79. The van der Waals surface area contributed by atoms with Crippen molar-refractivity contribution in [3.8, 4) is 0 Å². The van der Waals surface area contributed by atoms with Crippen LogP contribution in [0.2, 0.25) is 5.02 Å². The lowest BCUT2D eigenvalue weighted by Crippen LogP contribution is -2.22. The van der Waals surface area contributed by atoms with E-state index in [4.69, 9.17) is 21.1 Å². The van der Waals surface area contributed by atoms with E-state index in [1.165, 1.54) is 18.2 Å². The molecule has 6 nitrogen and oxygen atoms in total. The zero-order valence-electron chi connectivity index (χ0n) is 13.5. The molecule has 1 N–H and O–H groups in total. The van der Waals surface area contributed by atoms with Crippen molar-refractivity contribution in [1.29, 1.82) is 0 Å². The Balaban J connectivity index is 1.97. The summed E-state index contributed by atoms with van der Waals surface area (Å²) in [6.07, 6.45) is 0. The minimum Gasteiger partial charge on any atom is -0.462 e. The number of esters is 2. The predicted molar refractivity (Wildman–Crippen MR) is 92.8 cm³/mol. The third kappa shape index (κ3) is 5.32. The summed E-state index contributed by atoms with van der Waals surface area (Å²) in [4.78, 5) is 35.7. The average molecular weight is 362 g/mol. The van der Waals surface area contributed by atoms with Crippen molar-refractivity contribution >= 4 is 35.1 Å². The maximum absolute atomic E-state index is 12.0. The first-order valence-electron chi connectivity index (χ1n) is 7.50. The van der Waals surface area contributed by atoms with Crippen molar-refractivity contribution in [2.24, 2.45) is 0 Å². The van der Waals surface area contributed by atoms with E-state index in [2.05, 4.69) is 5.32 Å². The Bertz CT molecular complexity index is 791. The second kappa shape index (κ2) is 8.84. The van der Waals surface area contributed by atoms with Gasteiger partial charge in [-0.1, -0.05) is 29.8 Å². The molecule has 0 fully saturated rings. The Morgan fingerprint density at radius 2 is 1.76 bits per heavy atom. The SMILES string of the molecule is CCOC(=O)c1ccccc1NC(=O)COC(=O)c1cccc(Cl)c1. The molecule has 0 saturated heterocycles. The van der Waals surface area contributed by atoms with Gasteiger partial charge >= 0.3 is 11.9 Å². The van der Waals surface area contributed by atoms with Gasteiger partial charge in [0, 0.05) is 5.02 Å². The van der Waals surface area contributed by atoms with Crippen molar-refractivity contribution in [2.45, 2.75) is 6.92 Å². The zero-order chi connectivity index (χ0) is 18.2. The molecule has 0 bridgehead atoms. The van der Waals surface area contributed by atoms with Crippen LogP contribution < -0.4 is 5.32 Å². The molecule has 7 heteroatoms. The minimum atomic E-state index is -0.670. The number of amides is 1. The number of nitrogens with one attached hydrogen (secondary N) is 1. The molecule has 0 spiro atoms. The molecule has 2 aromatic carbocycles. The van der Waals surface area contributed by atoms with Crippen LogP contribution in [0.15, 0.2) is 48.5 Å². The molecule has 1 amide bonds.